The lowest BCUT2D eigenvalue weighted by molar-refractivity contribution is 0.0512. The summed E-state index contributed by atoms with van der Waals surface area (Å²) in [5, 5.41) is 7.00. The number of hydrogen-bond acceptors (Lipinski definition) is 3. The smallest absolute Gasteiger partial charge is 0.191 e. The van der Waals surface area contributed by atoms with E-state index in [1.165, 1.54) is 16.7 Å². The summed E-state index contributed by atoms with van der Waals surface area (Å²) in [5.74, 6) is 1.70. The van der Waals surface area contributed by atoms with Gasteiger partial charge in [-0.1, -0.05) is 36.4 Å². The van der Waals surface area contributed by atoms with Gasteiger partial charge in [0.15, 0.2) is 5.96 Å². The summed E-state index contributed by atoms with van der Waals surface area (Å²) in [4.78, 5) is 4.43. The van der Waals surface area contributed by atoms with Gasteiger partial charge in [0.1, 0.15) is 5.75 Å². The topological polar surface area (TPSA) is 54.9 Å². The number of ether oxygens (including phenoxy) is 2. The Bertz CT molecular complexity index is 842. The summed E-state index contributed by atoms with van der Waals surface area (Å²) in [6.07, 6.45) is 2.02. The Morgan fingerprint density at radius 2 is 1.86 bits per heavy atom. The van der Waals surface area contributed by atoms with Gasteiger partial charge in [-0.25, -0.2) is 0 Å². The van der Waals surface area contributed by atoms with Gasteiger partial charge < -0.3 is 20.1 Å². The number of nitrogens with zero attached hydrogens (tertiary/aromatic N) is 1. The van der Waals surface area contributed by atoms with Crippen molar-refractivity contribution in [3.05, 3.63) is 64.7 Å². The van der Waals surface area contributed by atoms with Gasteiger partial charge in [-0.2, -0.15) is 0 Å². The molecule has 0 spiro atoms. The Hall–Kier alpha value is -2.53. The van der Waals surface area contributed by atoms with Crippen LogP contribution in [0.5, 0.6) is 5.75 Å². The van der Waals surface area contributed by atoms with Crippen LogP contribution in [-0.4, -0.2) is 39.9 Å². The minimum absolute atomic E-state index is 0.0583. The van der Waals surface area contributed by atoms with Crippen molar-refractivity contribution in [1.29, 1.82) is 0 Å². The highest BCUT2D eigenvalue weighted by Gasteiger charge is 2.35. The zero-order chi connectivity index (χ0) is 20.7. The van der Waals surface area contributed by atoms with Crippen molar-refractivity contribution >= 4 is 5.96 Å². The van der Waals surface area contributed by atoms with Gasteiger partial charge in [-0.3, -0.25) is 4.99 Å². The van der Waals surface area contributed by atoms with Crippen molar-refractivity contribution in [2.24, 2.45) is 4.99 Å². The second-order valence-electron chi connectivity index (χ2n) is 7.80. The molecule has 0 aliphatic carbocycles. The molecule has 0 amide bonds. The number of rotatable bonds is 6. The molecule has 1 heterocycles. The number of methoxy groups -OCH3 is 1. The first kappa shape index (κ1) is 21.2. The van der Waals surface area contributed by atoms with Gasteiger partial charge in [0.2, 0.25) is 0 Å². The van der Waals surface area contributed by atoms with Crippen molar-refractivity contribution in [1.82, 2.24) is 10.6 Å². The first-order valence-electron chi connectivity index (χ1n) is 10.3. The molecule has 29 heavy (non-hydrogen) atoms. The summed E-state index contributed by atoms with van der Waals surface area (Å²) < 4.78 is 11.2. The molecule has 0 unspecified atom stereocenters. The molecule has 2 aromatic carbocycles. The zero-order valence-corrected chi connectivity index (χ0v) is 18.0. The average Bonchev–Trinajstić information content (AvgIpc) is 2.75. The highest BCUT2D eigenvalue weighted by Crippen LogP contribution is 2.36. The van der Waals surface area contributed by atoms with Crippen LogP contribution >= 0.6 is 0 Å². The van der Waals surface area contributed by atoms with Crippen LogP contribution in [0.3, 0.4) is 0 Å². The molecule has 2 N–H and O–H groups in total. The molecule has 0 radical (unpaired) electrons. The number of hydrogen-bond donors (Lipinski definition) is 2. The van der Waals surface area contributed by atoms with Crippen molar-refractivity contribution in [2.75, 3.05) is 33.9 Å². The molecule has 5 heteroatoms. The molecule has 0 saturated carbocycles. The predicted octanol–water partition coefficient (Wildman–Crippen LogP) is 3.73. The SMILES string of the molecule is CN=C(NCc1ccc(C)cc1OC)NCC1(c2ccccc2C)CCOCC1. The minimum Gasteiger partial charge on any atom is -0.496 e. The van der Waals surface area contributed by atoms with Crippen LogP contribution in [0, 0.1) is 13.8 Å². The van der Waals surface area contributed by atoms with Crippen LogP contribution in [0.2, 0.25) is 0 Å². The Labute approximate surface area is 174 Å². The van der Waals surface area contributed by atoms with Crippen LogP contribution in [0.1, 0.15) is 35.1 Å². The fourth-order valence-electron chi connectivity index (χ4n) is 4.12. The van der Waals surface area contributed by atoms with Gasteiger partial charge in [-0.15, -0.1) is 0 Å². The quantitative estimate of drug-likeness (QED) is 0.578. The maximum atomic E-state index is 5.67. The number of aliphatic imine (C=N–C) groups is 1. The highest BCUT2D eigenvalue weighted by molar-refractivity contribution is 5.79. The molecule has 156 valence electrons. The number of benzene rings is 2. The van der Waals surface area contributed by atoms with Gasteiger partial charge >= 0.3 is 0 Å². The van der Waals surface area contributed by atoms with E-state index in [2.05, 4.69) is 71.9 Å². The standard InChI is InChI=1S/C24H33N3O2/c1-18-9-10-20(22(15-18)28-4)16-26-23(25-3)27-17-24(11-13-29-14-12-24)21-8-6-5-7-19(21)2/h5-10,15H,11-14,16-17H2,1-4H3,(H2,25,26,27). The van der Waals surface area contributed by atoms with E-state index in [1.807, 2.05) is 7.05 Å². The van der Waals surface area contributed by atoms with E-state index in [-0.39, 0.29) is 5.41 Å². The van der Waals surface area contributed by atoms with E-state index in [9.17, 15) is 0 Å². The summed E-state index contributed by atoms with van der Waals surface area (Å²) >= 11 is 0. The molecule has 1 fully saturated rings. The largest absolute Gasteiger partial charge is 0.496 e. The molecule has 0 atom stereocenters. The third-order valence-corrected chi connectivity index (χ3v) is 5.87. The average molecular weight is 396 g/mol. The minimum atomic E-state index is 0.0583. The molecule has 0 aromatic heterocycles. The summed E-state index contributed by atoms with van der Waals surface area (Å²) in [7, 11) is 3.52. The Morgan fingerprint density at radius 1 is 1.10 bits per heavy atom. The normalized spacial score (nSPS) is 16.3. The molecular weight excluding hydrogens is 362 g/mol. The van der Waals surface area contributed by atoms with E-state index in [1.54, 1.807) is 7.11 Å². The maximum Gasteiger partial charge on any atom is 0.191 e. The first-order valence-corrected chi connectivity index (χ1v) is 10.3. The fraction of sp³-hybridized carbons (Fsp3) is 0.458. The van der Waals surface area contributed by atoms with Crippen LogP contribution in [0.4, 0.5) is 0 Å². The van der Waals surface area contributed by atoms with Crippen LogP contribution in [0.15, 0.2) is 47.5 Å². The Kier molecular flexibility index (Phi) is 7.15. The molecule has 1 aliphatic rings. The van der Waals surface area contributed by atoms with E-state index < -0.39 is 0 Å². The van der Waals surface area contributed by atoms with Gasteiger partial charge in [0.25, 0.3) is 0 Å². The van der Waals surface area contributed by atoms with Gasteiger partial charge in [-0.05, 0) is 49.4 Å². The number of aryl methyl sites for hydroxylation is 2. The van der Waals surface area contributed by atoms with Crippen LogP contribution in [-0.2, 0) is 16.7 Å². The third kappa shape index (κ3) is 5.10. The van der Waals surface area contributed by atoms with Crippen molar-refractivity contribution in [3.8, 4) is 5.75 Å². The second-order valence-corrected chi connectivity index (χ2v) is 7.80. The first-order chi connectivity index (χ1) is 14.1. The molecule has 3 rings (SSSR count). The van der Waals surface area contributed by atoms with Crippen molar-refractivity contribution < 1.29 is 9.47 Å². The molecule has 1 saturated heterocycles. The molecule has 1 aliphatic heterocycles. The summed E-state index contributed by atoms with van der Waals surface area (Å²) in [6, 6.07) is 15.0. The van der Waals surface area contributed by atoms with Crippen molar-refractivity contribution in [3.63, 3.8) is 0 Å². The molecular formula is C24H33N3O2. The van der Waals surface area contributed by atoms with Gasteiger partial charge in [0.05, 0.1) is 7.11 Å². The summed E-state index contributed by atoms with van der Waals surface area (Å²) in [5.41, 5.74) is 5.10. The van der Waals surface area contributed by atoms with E-state index in [0.29, 0.717) is 6.54 Å². The molecule has 2 aromatic rings. The lowest BCUT2D eigenvalue weighted by Crippen LogP contribution is -2.48. The maximum absolute atomic E-state index is 5.67. The third-order valence-electron chi connectivity index (χ3n) is 5.87. The molecule has 5 nitrogen and oxygen atoms in total. The lowest BCUT2D eigenvalue weighted by Gasteiger charge is -2.39. The van der Waals surface area contributed by atoms with Crippen molar-refractivity contribution in [2.45, 2.75) is 38.6 Å². The van der Waals surface area contributed by atoms with E-state index in [4.69, 9.17) is 9.47 Å². The summed E-state index contributed by atoms with van der Waals surface area (Å²) in [6.45, 7) is 7.34. The van der Waals surface area contributed by atoms with Crippen LogP contribution < -0.4 is 15.4 Å². The lowest BCUT2D eigenvalue weighted by atomic mass is 9.72. The zero-order valence-electron chi connectivity index (χ0n) is 18.0. The van der Waals surface area contributed by atoms with Gasteiger partial charge in [0, 0.05) is 44.3 Å². The highest BCUT2D eigenvalue weighted by atomic mass is 16.5. The van der Waals surface area contributed by atoms with E-state index in [0.717, 1.165) is 49.9 Å². The Morgan fingerprint density at radius 3 is 2.55 bits per heavy atom. The van der Waals surface area contributed by atoms with E-state index >= 15 is 0 Å². The fourth-order valence-corrected chi connectivity index (χ4v) is 4.12. The second kappa shape index (κ2) is 9.79. The monoisotopic (exact) mass is 395 g/mol. The van der Waals surface area contributed by atoms with Crippen LogP contribution in [0.25, 0.3) is 0 Å². The Balaban J connectivity index is 1.69. The number of guanidine groups is 1. The predicted molar refractivity (Wildman–Crippen MR) is 119 cm³/mol. The molecule has 0 bridgehead atoms. The number of nitrogens with one attached hydrogen (secondary N) is 2.